The first-order valence-electron chi connectivity index (χ1n) is 18.7. The topological polar surface area (TPSA) is 116 Å². The van der Waals surface area contributed by atoms with Crippen LogP contribution in [0.2, 0.25) is 0 Å². The minimum absolute atomic E-state index is 0.0189. The van der Waals surface area contributed by atoms with Crippen molar-refractivity contribution in [2.45, 2.75) is 121 Å². The van der Waals surface area contributed by atoms with Gasteiger partial charge < -0.3 is 20.4 Å². The SMILES string of the molecule is CN[C@@H](C)C(=O)N[C@H]1CCS[C@H]2CC(C)(C)[C@@H](C(=O)Cc3ccc(Cc4ccc(CC(=O)[C@H]5N6C(=O)CCCS[C@H]6CC5(C)C)cc4)cc3)N2C1=O. The third kappa shape index (κ3) is 8.16. The molecule has 2 N–H and O–H groups in total. The number of likely N-dealkylation sites (N-methyl/N-ethyl adjacent to an activating group) is 1. The molecule has 4 heterocycles. The fourth-order valence-electron chi connectivity index (χ4n) is 8.58. The summed E-state index contributed by atoms with van der Waals surface area (Å²) in [4.78, 5) is 70.8. The van der Waals surface area contributed by atoms with Crippen LogP contribution in [0.25, 0.3) is 0 Å². The minimum Gasteiger partial charge on any atom is -0.343 e. The molecule has 6 rings (SSSR count). The van der Waals surface area contributed by atoms with Gasteiger partial charge in [-0.1, -0.05) is 76.2 Å². The standard InChI is InChI=1S/C41H54N4O5S2/c1-25(42-6)38(49)43-30-17-19-52-35-24-41(4,5)37(45(35)39(30)50)32(47)22-29-15-11-27(12-16-29)20-26-9-13-28(14-10-26)21-31(46)36-40(2,3)23-34-44(36)33(48)8-7-18-51-34/h9-16,25,30,34-37,42H,7-8,17-24H2,1-6H3,(H,43,49)/t25-,30-,34-,35-,36+,37+/m0/s1. The molecule has 4 fully saturated rings. The Hall–Kier alpha value is -3.15. The number of nitrogens with one attached hydrogen (secondary N) is 2. The maximum Gasteiger partial charge on any atom is 0.246 e. The van der Waals surface area contributed by atoms with Crippen molar-refractivity contribution >= 4 is 52.8 Å². The van der Waals surface area contributed by atoms with E-state index >= 15 is 0 Å². The van der Waals surface area contributed by atoms with E-state index in [1.807, 2.05) is 40.9 Å². The largest absolute Gasteiger partial charge is 0.343 e. The van der Waals surface area contributed by atoms with Crippen LogP contribution in [0.4, 0.5) is 0 Å². The number of hydrogen-bond acceptors (Lipinski definition) is 8. The summed E-state index contributed by atoms with van der Waals surface area (Å²) in [6, 6.07) is 14.3. The average molecular weight is 747 g/mol. The number of Topliss-reactive ketones (excluding diaryl/α,β-unsaturated/α-hetero) is 2. The van der Waals surface area contributed by atoms with E-state index in [-0.39, 0.29) is 63.3 Å². The smallest absolute Gasteiger partial charge is 0.246 e. The molecule has 9 nitrogen and oxygen atoms in total. The molecule has 3 amide bonds. The third-order valence-corrected chi connectivity index (χ3v) is 14.0. The second-order valence-corrected chi connectivity index (χ2v) is 19.0. The average Bonchev–Trinajstić information content (AvgIpc) is 3.40. The van der Waals surface area contributed by atoms with Gasteiger partial charge in [0.15, 0.2) is 11.6 Å². The Morgan fingerprint density at radius 1 is 0.769 bits per heavy atom. The van der Waals surface area contributed by atoms with E-state index < -0.39 is 18.1 Å². The van der Waals surface area contributed by atoms with Crippen molar-refractivity contribution in [3.05, 3.63) is 70.8 Å². The van der Waals surface area contributed by atoms with E-state index in [9.17, 15) is 24.0 Å². The maximum atomic E-state index is 14.0. The first-order valence-corrected chi connectivity index (χ1v) is 20.8. The zero-order chi connectivity index (χ0) is 37.4. The molecule has 2 aromatic rings. The molecule has 11 heteroatoms. The van der Waals surface area contributed by atoms with Gasteiger partial charge in [-0.2, -0.15) is 0 Å². The molecule has 280 valence electrons. The van der Waals surface area contributed by atoms with Gasteiger partial charge in [-0.15, -0.1) is 23.5 Å². The summed E-state index contributed by atoms with van der Waals surface area (Å²) in [7, 11) is 1.71. The lowest BCUT2D eigenvalue weighted by molar-refractivity contribution is -0.142. The van der Waals surface area contributed by atoms with Crippen LogP contribution in [0.1, 0.15) is 89.0 Å². The van der Waals surface area contributed by atoms with Crippen molar-refractivity contribution in [2.75, 3.05) is 18.6 Å². The highest BCUT2D eigenvalue weighted by atomic mass is 32.2. The van der Waals surface area contributed by atoms with Gasteiger partial charge in [-0.05, 0) is 90.7 Å². The maximum absolute atomic E-state index is 14.0. The highest BCUT2D eigenvalue weighted by Crippen LogP contribution is 2.48. The molecule has 0 saturated carbocycles. The number of nitrogens with zero attached hydrogens (tertiary/aromatic N) is 2. The normalized spacial score (nSPS) is 27.3. The Bertz CT molecular complexity index is 1680. The van der Waals surface area contributed by atoms with Crippen LogP contribution >= 0.6 is 23.5 Å². The second-order valence-electron chi connectivity index (χ2n) is 16.4. The summed E-state index contributed by atoms with van der Waals surface area (Å²) in [6.07, 6.45) is 4.77. The molecule has 0 unspecified atom stereocenters. The molecule has 4 saturated heterocycles. The van der Waals surface area contributed by atoms with Crippen molar-refractivity contribution in [1.82, 2.24) is 20.4 Å². The van der Waals surface area contributed by atoms with E-state index in [2.05, 4.69) is 62.6 Å². The second kappa shape index (κ2) is 15.7. The van der Waals surface area contributed by atoms with E-state index in [4.69, 9.17) is 0 Å². The van der Waals surface area contributed by atoms with E-state index in [1.165, 1.54) is 0 Å². The van der Waals surface area contributed by atoms with Gasteiger partial charge in [0, 0.05) is 19.3 Å². The summed E-state index contributed by atoms with van der Waals surface area (Å²) in [5.74, 6) is 1.57. The fourth-order valence-corrected chi connectivity index (χ4v) is 11.7. The first kappa shape index (κ1) is 38.6. The lowest BCUT2D eigenvalue weighted by Crippen LogP contribution is -2.56. The van der Waals surface area contributed by atoms with Crippen molar-refractivity contribution < 1.29 is 24.0 Å². The summed E-state index contributed by atoms with van der Waals surface area (Å²) in [5.41, 5.74) is 3.47. The monoisotopic (exact) mass is 746 g/mol. The Kier molecular flexibility index (Phi) is 11.6. The molecule has 6 atom stereocenters. The van der Waals surface area contributed by atoms with Gasteiger partial charge in [0.25, 0.3) is 0 Å². The van der Waals surface area contributed by atoms with E-state index in [1.54, 1.807) is 30.6 Å². The fraction of sp³-hybridized carbons (Fsp3) is 0.585. The van der Waals surface area contributed by atoms with Gasteiger partial charge >= 0.3 is 0 Å². The number of rotatable bonds is 11. The predicted molar refractivity (Wildman–Crippen MR) is 208 cm³/mol. The molecule has 4 aliphatic rings. The number of hydrogen-bond donors (Lipinski definition) is 2. The van der Waals surface area contributed by atoms with Crippen molar-refractivity contribution in [3.8, 4) is 0 Å². The molecule has 52 heavy (non-hydrogen) atoms. The number of ketones is 2. The molecule has 0 spiro atoms. The number of carbonyl (C=O) groups excluding carboxylic acids is 5. The summed E-state index contributed by atoms with van der Waals surface area (Å²) >= 11 is 3.52. The molecule has 0 bridgehead atoms. The number of carbonyl (C=O) groups is 5. The number of benzene rings is 2. The Balaban J connectivity index is 1.07. The van der Waals surface area contributed by atoms with Crippen LogP contribution in [0, 0.1) is 10.8 Å². The third-order valence-electron chi connectivity index (χ3n) is 11.4. The molecule has 2 aromatic carbocycles. The highest BCUT2D eigenvalue weighted by Gasteiger charge is 2.54. The zero-order valence-electron chi connectivity index (χ0n) is 31.4. The van der Waals surface area contributed by atoms with E-state index in [0.717, 1.165) is 59.4 Å². The Morgan fingerprint density at radius 2 is 1.25 bits per heavy atom. The number of amides is 3. The van der Waals surface area contributed by atoms with Crippen molar-refractivity contribution in [3.63, 3.8) is 0 Å². The minimum atomic E-state index is -0.643. The van der Waals surface area contributed by atoms with Crippen molar-refractivity contribution in [2.24, 2.45) is 10.8 Å². The molecular weight excluding hydrogens is 693 g/mol. The summed E-state index contributed by atoms with van der Waals surface area (Å²) in [6.45, 7) is 10.1. The Labute approximate surface area is 317 Å². The van der Waals surface area contributed by atoms with Crippen molar-refractivity contribution in [1.29, 1.82) is 0 Å². The Morgan fingerprint density at radius 3 is 1.79 bits per heavy atom. The summed E-state index contributed by atoms with van der Waals surface area (Å²) in [5, 5.41) is 5.86. The first-order chi connectivity index (χ1) is 24.7. The van der Waals surface area contributed by atoms with Gasteiger partial charge in [0.1, 0.15) is 6.04 Å². The molecule has 0 aliphatic carbocycles. The lowest BCUT2D eigenvalue weighted by atomic mass is 9.81. The number of thioether (sulfide) groups is 2. The van der Waals surface area contributed by atoms with Gasteiger partial charge in [-0.25, -0.2) is 0 Å². The number of fused-ring (bicyclic) bond motifs is 2. The predicted octanol–water partition coefficient (Wildman–Crippen LogP) is 5.16. The van der Waals surface area contributed by atoms with Crippen LogP contribution in [0.3, 0.4) is 0 Å². The van der Waals surface area contributed by atoms with Gasteiger partial charge in [-0.3, -0.25) is 24.0 Å². The van der Waals surface area contributed by atoms with Crippen LogP contribution in [0.15, 0.2) is 48.5 Å². The lowest BCUT2D eigenvalue weighted by Gasteiger charge is -2.34. The van der Waals surface area contributed by atoms with Gasteiger partial charge in [0.05, 0.1) is 28.9 Å². The van der Waals surface area contributed by atoms with Crippen LogP contribution < -0.4 is 10.6 Å². The zero-order valence-corrected chi connectivity index (χ0v) is 33.0. The molecular formula is C41H54N4O5S2. The highest BCUT2D eigenvalue weighted by molar-refractivity contribution is 8.00. The molecule has 0 radical (unpaired) electrons. The molecule has 4 aliphatic heterocycles. The van der Waals surface area contributed by atoms with Crippen LogP contribution in [0.5, 0.6) is 0 Å². The van der Waals surface area contributed by atoms with Crippen LogP contribution in [-0.2, 0) is 43.2 Å². The van der Waals surface area contributed by atoms with Crippen LogP contribution in [-0.4, -0.2) is 92.6 Å². The van der Waals surface area contributed by atoms with E-state index in [0.29, 0.717) is 19.3 Å². The van der Waals surface area contributed by atoms with Gasteiger partial charge in [0.2, 0.25) is 17.7 Å². The molecule has 0 aromatic heterocycles. The summed E-state index contributed by atoms with van der Waals surface area (Å²) < 4.78 is 0. The quantitative estimate of drug-likeness (QED) is 0.324.